The number of carbonyl (C=O) groups is 2. The van der Waals surface area contributed by atoms with Crippen molar-refractivity contribution < 1.29 is 36.7 Å². The van der Waals surface area contributed by atoms with Gasteiger partial charge in [0.05, 0.1) is 0 Å². The molecule has 0 saturated carbocycles. The van der Waals surface area contributed by atoms with Crippen molar-refractivity contribution in [1.82, 2.24) is 0 Å². The fourth-order valence-corrected chi connectivity index (χ4v) is 3.27. The Kier molecular flexibility index (Phi) is 8.23. The number of esters is 2. The van der Waals surface area contributed by atoms with Gasteiger partial charge in [-0.15, -0.1) is 0 Å². The largest absolute Gasteiger partial charge is 0.490 e. The second-order valence-corrected chi connectivity index (χ2v) is 9.18. The third kappa shape index (κ3) is 8.16. The zero-order valence-electron chi connectivity index (χ0n) is 19.5. The zero-order valence-corrected chi connectivity index (χ0v) is 19.5. The summed E-state index contributed by atoms with van der Waals surface area (Å²) in [5.74, 6) is 3.36. The van der Waals surface area contributed by atoms with Crippen molar-refractivity contribution in [3.8, 4) is 11.8 Å². The minimum atomic E-state index is -5.11. The molecular weight excluding hydrogens is 437 g/mol. The fourth-order valence-electron chi connectivity index (χ4n) is 3.27. The van der Waals surface area contributed by atoms with Crippen LogP contribution in [0.3, 0.4) is 0 Å². The van der Waals surface area contributed by atoms with Crippen LogP contribution in [0.15, 0.2) is 28.2 Å². The van der Waals surface area contributed by atoms with Crippen LogP contribution < -0.4 is 0 Å². The summed E-state index contributed by atoms with van der Waals surface area (Å²) >= 11 is 0. The molecule has 0 N–H and O–H groups in total. The van der Waals surface area contributed by atoms with Crippen LogP contribution in [0.4, 0.5) is 13.2 Å². The lowest BCUT2D eigenvalue weighted by atomic mass is 9.91. The molecule has 33 heavy (non-hydrogen) atoms. The minimum Gasteiger partial charge on any atom is -0.461 e. The predicted octanol–water partition coefficient (Wildman–Crippen LogP) is 6.03. The number of alkyl halides is 3. The maximum absolute atomic E-state index is 12.8. The second kappa shape index (κ2) is 10.3. The van der Waals surface area contributed by atoms with E-state index in [2.05, 4.69) is 23.2 Å². The Balaban J connectivity index is 2.45. The number of ether oxygens (including phenoxy) is 2. The fraction of sp³-hybridized carbons (Fsp3) is 0.520. The molecule has 0 aromatic carbocycles. The Hall–Kier alpha value is -2.95. The summed E-state index contributed by atoms with van der Waals surface area (Å²) < 4.78 is 54.1. The molecule has 0 amide bonds. The second-order valence-electron chi connectivity index (χ2n) is 9.18. The number of halogens is 3. The van der Waals surface area contributed by atoms with Gasteiger partial charge in [-0.2, -0.15) is 13.2 Å². The Morgan fingerprint density at radius 3 is 2.45 bits per heavy atom. The van der Waals surface area contributed by atoms with Crippen molar-refractivity contribution in [3.05, 3.63) is 40.9 Å². The van der Waals surface area contributed by atoms with Crippen molar-refractivity contribution >= 4 is 18.0 Å². The number of hydrogen-bond donors (Lipinski definition) is 0. The van der Waals surface area contributed by atoms with Gasteiger partial charge in [0, 0.05) is 19.3 Å². The van der Waals surface area contributed by atoms with Gasteiger partial charge in [0.2, 0.25) is 0 Å². The third-order valence-corrected chi connectivity index (χ3v) is 4.83. The van der Waals surface area contributed by atoms with E-state index in [1.54, 1.807) is 39.8 Å². The Bertz CT molecular complexity index is 996. The number of hydrogen-bond acceptors (Lipinski definition) is 5. The Morgan fingerprint density at radius 2 is 1.88 bits per heavy atom. The van der Waals surface area contributed by atoms with E-state index in [0.29, 0.717) is 41.9 Å². The normalized spacial score (nSPS) is 21.2. The molecule has 0 radical (unpaired) electrons. The molecule has 2 rings (SSSR count). The van der Waals surface area contributed by atoms with Crippen LogP contribution in [0.1, 0.15) is 75.8 Å². The molecule has 0 spiro atoms. The lowest BCUT2D eigenvalue weighted by Crippen LogP contribution is -2.29. The first kappa shape index (κ1) is 26.3. The molecule has 1 aromatic rings. The van der Waals surface area contributed by atoms with E-state index in [1.807, 2.05) is 6.92 Å². The maximum atomic E-state index is 12.8. The van der Waals surface area contributed by atoms with Crippen LogP contribution >= 0.6 is 0 Å². The molecule has 1 aliphatic rings. The van der Waals surface area contributed by atoms with E-state index in [0.717, 1.165) is 5.57 Å². The van der Waals surface area contributed by atoms with Gasteiger partial charge in [0.1, 0.15) is 22.7 Å². The van der Waals surface area contributed by atoms with Gasteiger partial charge in [-0.1, -0.05) is 29.6 Å². The van der Waals surface area contributed by atoms with Crippen molar-refractivity contribution in [3.63, 3.8) is 0 Å². The Morgan fingerprint density at radius 1 is 1.21 bits per heavy atom. The van der Waals surface area contributed by atoms with Crippen molar-refractivity contribution in [2.75, 3.05) is 0 Å². The van der Waals surface area contributed by atoms with Crippen LogP contribution in [0.2, 0.25) is 0 Å². The highest BCUT2D eigenvalue weighted by molar-refractivity contribution is 5.91. The highest BCUT2D eigenvalue weighted by atomic mass is 19.4. The molecule has 0 unspecified atom stereocenters. The van der Waals surface area contributed by atoms with E-state index < -0.39 is 29.8 Å². The third-order valence-electron chi connectivity index (χ3n) is 4.83. The zero-order chi connectivity index (χ0) is 25.0. The molecule has 2 heterocycles. The molecule has 2 bridgehead atoms. The molecule has 0 fully saturated rings. The van der Waals surface area contributed by atoms with E-state index in [4.69, 9.17) is 9.15 Å². The summed E-state index contributed by atoms with van der Waals surface area (Å²) in [6.07, 6.45) is -3.56. The van der Waals surface area contributed by atoms with E-state index >= 15 is 0 Å². The van der Waals surface area contributed by atoms with Gasteiger partial charge >= 0.3 is 18.1 Å². The number of carbonyl (C=O) groups excluding carboxylic acids is 2. The van der Waals surface area contributed by atoms with Gasteiger partial charge < -0.3 is 13.9 Å². The lowest BCUT2D eigenvalue weighted by molar-refractivity contribution is -0.202. The average molecular weight is 466 g/mol. The number of allylic oxidation sites excluding steroid dienone is 1. The molecule has 0 saturated heterocycles. The van der Waals surface area contributed by atoms with Crippen molar-refractivity contribution in [2.24, 2.45) is 5.92 Å². The van der Waals surface area contributed by atoms with Crippen LogP contribution in [0.25, 0.3) is 6.08 Å². The van der Waals surface area contributed by atoms with Gasteiger partial charge in [-0.25, -0.2) is 9.59 Å². The first-order valence-electron chi connectivity index (χ1n) is 10.6. The summed E-state index contributed by atoms with van der Waals surface area (Å²) in [6.45, 7) is 12.8. The van der Waals surface area contributed by atoms with Gasteiger partial charge in [-0.05, 0) is 59.1 Å². The van der Waals surface area contributed by atoms with Gasteiger partial charge in [-0.3, -0.25) is 0 Å². The lowest BCUT2D eigenvalue weighted by Gasteiger charge is -2.20. The summed E-state index contributed by atoms with van der Waals surface area (Å²) in [4.78, 5) is 24.1. The average Bonchev–Trinajstić information content (AvgIpc) is 3.03. The van der Waals surface area contributed by atoms with E-state index in [-0.39, 0.29) is 12.3 Å². The van der Waals surface area contributed by atoms with Gasteiger partial charge in [0.25, 0.3) is 0 Å². The molecule has 1 aromatic heterocycles. The molecule has 180 valence electrons. The summed E-state index contributed by atoms with van der Waals surface area (Å²) in [5.41, 5.74) is 1.01. The molecule has 1 aliphatic heterocycles. The highest BCUT2D eigenvalue weighted by Gasteiger charge is 2.42. The molecule has 2 atom stereocenters. The number of furan rings is 1. The van der Waals surface area contributed by atoms with Crippen molar-refractivity contribution in [2.45, 2.75) is 78.2 Å². The molecular formula is C25H29F3O5. The maximum Gasteiger partial charge on any atom is 0.490 e. The first-order chi connectivity index (χ1) is 15.2. The minimum absolute atomic E-state index is 0.0451. The SMILES string of the molecule is C=C(C)[C@H]1CCC#C[C@@H](OC(=O)C(F)(F)F)C/C(C)=C/c2cc(C(=O)OC(C)(C)C)c(o2)C1. The highest BCUT2D eigenvalue weighted by Crippen LogP contribution is 2.29. The standard InChI is InChI=1S/C25H29F3O5/c1-15(2)17-9-7-8-10-18(32-23(30)25(26,27)28)11-16(3)12-19-14-20(21(13-17)31-19)22(29)33-24(4,5)6/h12,14,17-18H,1,7,9,11,13H2,2-6H3/b16-12+/t17-,18+/m0/s1. The smallest absolute Gasteiger partial charge is 0.461 e. The monoisotopic (exact) mass is 466 g/mol. The molecule has 0 aliphatic carbocycles. The molecule has 5 nitrogen and oxygen atoms in total. The number of rotatable bonds is 3. The van der Waals surface area contributed by atoms with E-state index in [9.17, 15) is 22.8 Å². The summed E-state index contributed by atoms with van der Waals surface area (Å²) in [5, 5.41) is 0. The topological polar surface area (TPSA) is 65.7 Å². The first-order valence-corrected chi connectivity index (χ1v) is 10.6. The summed E-state index contributed by atoms with van der Waals surface area (Å²) in [6, 6.07) is 1.55. The number of fused-ring (bicyclic) bond motifs is 2. The quantitative estimate of drug-likeness (QED) is 0.309. The molecule has 8 heteroatoms. The van der Waals surface area contributed by atoms with Crippen LogP contribution in [-0.4, -0.2) is 29.8 Å². The van der Waals surface area contributed by atoms with Gasteiger partial charge in [0.15, 0.2) is 6.10 Å². The Labute approximate surface area is 192 Å². The van der Waals surface area contributed by atoms with Crippen LogP contribution in [0, 0.1) is 17.8 Å². The van der Waals surface area contributed by atoms with Crippen molar-refractivity contribution in [1.29, 1.82) is 0 Å². The predicted molar refractivity (Wildman–Crippen MR) is 117 cm³/mol. The van der Waals surface area contributed by atoms with Crippen LogP contribution in [-0.2, 0) is 20.7 Å². The van der Waals surface area contributed by atoms with E-state index in [1.165, 1.54) is 0 Å². The summed E-state index contributed by atoms with van der Waals surface area (Å²) in [7, 11) is 0. The van der Waals surface area contributed by atoms with Crippen LogP contribution in [0.5, 0.6) is 0 Å².